The van der Waals surface area contributed by atoms with E-state index >= 15 is 0 Å². The molecule has 0 saturated carbocycles. The van der Waals surface area contributed by atoms with Crippen molar-refractivity contribution in [2.24, 2.45) is 5.41 Å². The fourth-order valence-electron chi connectivity index (χ4n) is 1.51. The number of carbonyl (C=O) groups excluding carboxylic acids is 1. The van der Waals surface area contributed by atoms with Crippen LogP contribution >= 0.6 is 0 Å². The van der Waals surface area contributed by atoms with E-state index in [1.165, 1.54) is 19.3 Å². The monoisotopic (exact) mass is 213 g/mol. The number of rotatable bonds is 6. The first-order valence-electron chi connectivity index (χ1n) is 6.10. The highest BCUT2D eigenvalue weighted by Gasteiger charge is 2.09. The number of carbonyl (C=O) groups is 1. The molecule has 1 amide bonds. The first-order valence-corrected chi connectivity index (χ1v) is 6.10. The van der Waals surface area contributed by atoms with Crippen LogP contribution in [0, 0.1) is 5.41 Å². The molecule has 0 aromatic carbocycles. The highest BCUT2D eigenvalue weighted by atomic mass is 16.1. The van der Waals surface area contributed by atoms with Gasteiger partial charge in [-0.2, -0.15) is 0 Å². The maximum Gasteiger partial charge on any atom is 0.220 e. The van der Waals surface area contributed by atoms with Gasteiger partial charge in [0.2, 0.25) is 5.91 Å². The van der Waals surface area contributed by atoms with E-state index < -0.39 is 0 Å². The average molecular weight is 213 g/mol. The van der Waals surface area contributed by atoms with Gasteiger partial charge in [-0.25, -0.2) is 0 Å². The number of hydrogen-bond acceptors (Lipinski definition) is 1. The van der Waals surface area contributed by atoms with Crippen LogP contribution < -0.4 is 5.32 Å². The minimum absolute atomic E-state index is 0.195. The van der Waals surface area contributed by atoms with Crippen LogP contribution in [0.25, 0.3) is 0 Å². The van der Waals surface area contributed by atoms with Gasteiger partial charge in [-0.15, -0.1) is 0 Å². The quantitative estimate of drug-likeness (QED) is 0.672. The van der Waals surface area contributed by atoms with Crippen LogP contribution in [0.5, 0.6) is 0 Å². The van der Waals surface area contributed by atoms with Crippen molar-refractivity contribution < 1.29 is 4.79 Å². The lowest BCUT2D eigenvalue weighted by Crippen LogP contribution is -2.29. The Hall–Kier alpha value is -0.530. The Morgan fingerprint density at radius 1 is 1.13 bits per heavy atom. The van der Waals surface area contributed by atoms with E-state index in [-0.39, 0.29) is 11.9 Å². The third kappa shape index (κ3) is 11.4. The molecule has 0 radical (unpaired) electrons. The summed E-state index contributed by atoms with van der Waals surface area (Å²) in [6.07, 6.45) is 5.36. The number of hydrogen-bond donors (Lipinski definition) is 1. The average Bonchev–Trinajstić information content (AvgIpc) is 1.99. The summed E-state index contributed by atoms with van der Waals surface area (Å²) >= 11 is 0. The molecule has 0 bridgehead atoms. The largest absolute Gasteiger partial charge is 0.354 e. The van der Waals surface area contributed by atoms with Crippen molar-refractivity contribution in [3.63, 3.8) is 0 Å². The van der Waals surface area contributed by atoms with Gasteiger partial charge in [0, 0.05) is 12.5 Å². The lowest BCUT2D eigenvalue weighted by molar-refractivity contribution is -0.121. The van der Waals surface area contributed by atoms with E-state index in [0.29, 0.717) is 11.8 Å². The topological polar surface area (TPSA) is 29.1 Å². The van der Waals surface area contributed by atoms with Gasteiger partial charge in [0.05, 0.1) is 0 Å². The van der Waals surface area contributed by atoms with Gasteiger partial charge < -0.3 is 5.32 Å². The molecule has 0 saturated heterocycles. The summed E-state index contributed by atoms with van der Waals surface area (Å²) in [5.74, 6) is 0.195. The normalized spacial score (nSPS) is 11.9. The zero-order valence-electron chi connectivity index (χ0n) is 11.0. The van der Waals surface area contributed by atoms with Gasteiger partial charge in [-0.1, -0.05) is 33.6 Å². The van der Waals surface area contributed by atoms with Crippen molar-refractivity contribution in [3.05, 3.63) is 0 Å². The molecule has 0 atom stereocenters. The van der Waals surface area contributed by atoms with Crippen molar-refractivity contribution in [1.29, 1.82) is 0 Å². The van der Waals surface area contributed by atoms with Gasteiger partial charge in [0.1, 0.15) is 0 Å². The molecule has 1 N–H and O–H groups in total. The van der Waals surface area contributed by atoms with Crippen LogP contribution in [0.3, 0.4) is 0 Å². The smallest absolute Gasteiger partial charge is 0.220 e. The van der Waals surface area contributed by atoms with Crippen LogP contribution in [0.1, 0.15) is 66.7 Å². The van der Waals surface area contributed by atoms with E-state index in [2.05, 4.69) is 26.1 Å². The minimum atomic E-state index is 0.195. The van der Waals surface area contributed by atoms with Crippen LogP contribution in [-0.4, -0.2) is 11.9 Å². The molecular formula is C13H27NO. The highest BCUT2D eigenvalue weighted by Crippen LogP contribution is 2.22. The van der Waals surface area contributed by atoms with E-state index in [1.54, 1.807) is 0 Å². The molecule has 0 spiro atoms. The zero-order valence-corrected chi connectivity index (χ0v) is 11.0. The summed E-state index contributed by atoms with van der Waals surface area (Å²) in [4.78, 5) is 11.3. The van der Waals surface area contributed by atoms with E-state index in [1.807, 2.05) is 13.8 Å². The second-order valence-electron chi connectivity index (χ2n) is 5.84. The Kier molecular flexibility index (Phi) is 6.62. The van der Waals surface area contributed by atoms with Gasteiger partial charge in [0.15, 0.2) is 0 Å². The molecule has 0 heterocycles. The molecule has 0 fully saturated rings. The molecule has 0 rings (SSSR count). The Labute approximate surface area is 94.8 Å². The van der Waals surface area contributed by atoms with E-state index in [0.717, 1.165) is 6.42 Å². The number of amides is 1. The van der Waals surface area contributed by atoms with Gasteiger partial charge >= 0.3 is 0 Å². The fraction of sp³-hybridized carbons (Fsp3) is 0.923. The van der Waals surface area contributed by atoms with Gasteiger partial charge in [0.25, 0.3) is 0 Å². The molecule has 0 aliphatic rings. The molecule has 2 heteroatoms. The molecule has 0 aliphatic carbocycles. The summed E-state index contributed by atoms with van der Waals surface area (Å²) in [5.41, 5.74) is 0.431. The van der Waals surface area contributed by atoms with Crippen LogP contribution in [0.2, 0.25) is 0 Å². The Morgan fingerprint density at radius 3 is 2.20 bits per heavy atom. The van der Waals surface area contributed by atoms with Crippen molar-refractivity contribution in [2.45, 2.75) is 72.8 Å². The molecular weight excluding hydrogens is 186 g/mol. The van der Waals surface area contributed by atoms with Crippen molar-refractivity contribution in [3.8, 4) is 0 Å². The number of unbranched alkanes of at least 4 members (excludes halogenated alkanes) is 2. The SMILES string of the molecule is CC(C)NC(=O)CCCCCC(C)(C)C. The predicted molar refractivity (Wildman–Crippen MR) is 65.8 cm³/mol. The second kappa shape index (κ2) is 6.86. The minimum Gasteiger partial charge on any atom is -0.354 e. The molecule has 0 aromatic rings. The first kappa shape index (κ1) is 14.5. The molecule has 2 nitrogen and oxygen atoms in total. The maximum absolute atomic E-state index is 11.3. The third-order valence-corrected chi connectivity index (χ3v) is 2.28. The second-order valence-corrected chi connectivity index (χ2v) is 5.84. The summed E-state index contributed by atoms with van der Waals surface area (Å²) < 4.78 is 0. The van der Waals surface area contributed by atoms with Crippen LogP contribution in [0.4, 0.5) is 0 Å². The summed E-state index contributed by atoms with van der Waals surface area (Å²) in [6, 6.07) is 0.270. The molecule has 0 aromatic heterocycles. The van der Waals surface area contributed by atoms with Crippen molar-refractivity contribution >= 4 is 5.91 Å². The fourth-order valence-corrected chi connectivity index (χ4v) is 1.51. The van der Waals surface area contributed by atoms with Crippen LogP contribution in [-0.2, 0) is 4.79 Å². The Morgan fingerprint density at radius 2 is 1.73 bits per heavy atom. The highest BCUT2D eigenvalue weighted by molar-refractivity contribution is 5.76. The number of nitrogens with one attached hydrogen (secondary N) is 1. The Balaban J connectivity index is 3.35. The van der Waals surface area contributed by atoms with Gasteiger partial charge in [-0.3, -0.25) is 4.79 Å². The standard InChI is InChI=1S/C13H27NO/c1-11(2)14-12(15)9-7-6-8-10-13(3,4)5/h11H,6-10H2,1-5H3,(H,14,15). The molecule has 90 valence electrons. The van der Waals surface area contributed by atoms with Gasteiger partial charge in [-0.05, 0) is 32.1 Å². The zero-order chi connectivity index (χ0) is 11.9. The summed E-state index contributed by atoms with van der Waals surface area (Å²) in [6.45, 7) is 10.8. The summed E-state index contributed by atoms with van der Waals surface area (Å²) in [5, 5.41) is 2.91. The lowest BCUT2D eigenvalue weighted by atomic mass is 9.89. The maximum atomic E-state index is 11.3. The Bertz CT molecular complexity index is 179. The van der Waals surface area contributed by atoms with Crippen molar-refractivity contribution in [1.82, 2.24) is 5.32 Å². The summed E-state index contributed by atoms with van der Waals surface area (Å²) in [7, 11) is 0. The first-order chi connectivity index (χ1) is 6.81. The van der Waals surface area contributed by atoms with E-state index in [4.69, 9.17) is 0 Å². The molecule has 0 unspecified atom stereocenters. The molecule has 15 heavy (non-hydrogen) atoms. The molecule has 0 aliphatic heterocycles. The van der Waals surface area contributed by atoms with Crippen LogP contribution in [0.15, 0.2) is 0 Å². The van der Waals surface area contributed by atoms with Crippen molar-refractivity contribution in [2.75, 3.05) is 0 Å². The third-order valence-electron chi connectivity index (χ3n) is 2.28. The predicted octanol–water partition coefficient (Wildman–Crippen LogP) is 3.51. The van der Waals surface area contributed by atoms with E-state index in [9.17, 15) is 4.79 Å². The lowest BCUT2D eigenvalue weighted by Gasteiger charge is -2.17.